The number of hydrogen-bond acceptors (Lipinski definition) is 5. The van der Waals surface area contributed by atoms with E-state index in [-0.39, 0.29) is 24.0 Å². The summed E-state index contributed by atoms with van der Waals surface area (Å²) in [4.78, 5) is 6.52. The van der Waals surface area contributed by atoms with Crippen molar-refractivity contribution in [2.24, 2.45) is 4.99 Å². The van der Waals surface area contributed by atoms with Crippen LogP contribution in [0.15, 0.2) is 9.52 Å². The Morgan fingerprint density at radius 2 is 1.96 bits per heavy atom. The second-order valence-electron chi connectivity index (χ2n) is 5.63. The minimum absolute atomic E-state index is 0. The van der Waals surface area contributed by atoms with Gasteiger partial charge in [0.2, 0.25) is 0 Å². The molecule has 1 aromatic rings. The number of ether oxygens (including phenoxy) is 1. The number of methoxy groups -OCH3 is 1. The summed E-state index contributed by atoms with van der Waals surface area (Å²) in [5.74, 6) is 1.71. The lowest BCUT2D eigenvalue weighted by Crippen LogP contribution is -2.41. The number of halogens is 1. The van der Waals surface area contributed by atoms with Crippen molar-refractivity contribution in [3.8, 4) is 0 Å². The molecule has 0 amide bonds. The van der Waals surface area contributed by atoms with E-state index >= 15 is 0 Å². The number of nitrogens with one attached hydrogen (secondary N) is 2. The van der Waals surface area contributed by atoms with Gasteiger partial charge in [0.15, 0.2) is 5.96 Å². The number of aromatic nitrogens is 1. The third-order valence-electron chi connectivity index (χ3n) is 3.75. The molecule has 0 saturated carbocycles. The molecule has 0 fully saturated rings. The summed E-state index contributed by atoms with van der Waals surface area (Å²) in [6, 6.07) is 0. The maximum absolute atomic E-state index is 5.17. The van der Waals surface area contributed by atoms with Crippen LogP contribution in [-0.4, -0.2) is 70.0 Å². The highest BCUT2D eigenvalue weighted by Crippen LogP contribution is 2.11. The normalized spacial score (nSPS) is 11.5. The van der Waals surface area contributed by atoms with Crippen LogP contribution < -0.4 is 10.6 Å². The Balaban J connectivity index is 0.00000529. The minimum atomic E-state index is 0. The molecule has 24 heavy (non-hydrogen) atoms. The van der Waals surface area contributed by atoms with Gasteiger partial charge in [-0.05, 0) is 33.7 Å². The van der Waals surface area contributed by atoms with Crippen molar-refractivity contribution in [1.82, 2.24) is 20.7 Å². The summed E-state index contributed by atoms with van der Waals surface area (Å²) < 4.78 is 10.2. The fraction of sp³-hybridized carbons (Fsp3) is 0.750. The Morgan fingerprint density at radius 1 is 1.25 bits per heavy atom. The summed E-state index contributed by atoms with van der Waals surface area (Å²) in [7, 11) is 5.64. The highest BCUT2D eigenvalue weighted by Gasteiger charge is 2.08. The maximum Gasteiger partial charge on any atom is 0.191 e. The summed E-state index contributed by atoms with van der Waals surface area (Å²) in [6.07, 6.45) is 1.93. The Labute approximate surface area is 162 Å². The molecule has 0 aliphatic heterocycles. The molecule has 2 N–H and O–H groups in total. The number of hydrogen-bond donors (Lipinski definition) is 2. The number of likely N-dealkylation sites (N-methyl/N-ethyl adjacent to an activating group) is 1. The van der Waals surface area contributed by atoms with Gasteiger partial charge in [0, 0.05) is 52.5 Å². The third-order valence-corrected chi connectivity index (χ3v) is 3.75. The van der Waals surface area contributed by atoms with Gasteiger partial charge in [-0.1, -0.05) is 5.16 Å². The second-order valence-corrected chi connectivity index (χ2v) is 5.63. The van der Waals surface area contributed by atoms with Crippen molar-refractivity contribution in [2.45, 2.75) is 26.7 Å². The van der Waals surface area contributed by atoms with Gasteiger partial charge < -0.3 is 24.8 Å². The zero-order valence-corrected chi connectivity index (χ0v) is 17.8. The van der Waals surface area contributed by atoms with Crippen LogP contribution in [0, 0.1) is 13.8 Å². The van der Waals surface area contributed by atoms with Crippen LogP contribution in [0.25, 0.3) is 0 Å². The van der Waals surface area contributed by atoms with Crippen molar-refractivity contribution in [2.75, 3.05) is 54.0 Å². The smallest absolute Gasteiger partial charge is 0.191 e. The van der Waals surface area contributed by atoms with E-state index in [9.17, 15) is 0 Å². The first-order valence-corrected chi connectivity index (χ1v) is 8.12. The molecule has 0 spiro atoms. The summed E-state index contributed by atoms with van der Waals surface area (Å²) >= 11 is 0. The van der Waals surface area contributed by atoms with Crippen LogP contribution in [0.2, 0.25) is 0 Å². The van der Waals surface area contributed by atoms with Crippen molar-refractivity contribution in [3.63, 3.8) is 0 Å². The van der Waals surface area contributed by atoms with Crippen molar-refractivity contribution in [3.05, 3.63) is 17.0 Å². The zero-order valence-electron chi connectivity index (χ0n) is 15.5. The van der Waals surface area contributed by atoms with Crippen LogP contribution >= 0.6 is 24.0 Å². The molecular formula is C16H32IN5O2. The topological polar surface area (TPSA) is 74.9 Å². The van der Waals surface area contributed by atoms with Crippen LogP contribution in [0.1, 0.15) is 23.4 Å². The summed E-state index contributed by atoms with van der Waals surface area (Å²) in [5.41, 5.74) is 2.13. The van der Waals surface area contributed by atoms with E-state index in [4.69, 9.17) is 9.26 Å². The van der Waals surface area contributed by atoms with Gasteiger partial charge in [-0.3, -0.25) is 4.99 Å². The maximum atomic E-state index is 5.17. The van der Waals surface area contributed by atoms with Crippen LogP contribution in [0.3, 0.4) is 0 Å². The molecule has 0 aliphatic rings. The summed E-state index contributed by atoms with van der Waals surface area (Å²) in [5, 5.41) is 10.6. The van der Waals surface area contributed by atoms with Gasteiger partial charge >= 0.3 is 0 Å². The fourth-order valence-electron chi connectivity index (χ4n) is 2.34. The third kappa shape index (κ3) is 8.84. The van der Waals surface area contributed by atoms with Gasteiger partial charge in [-0.2, -0.15) is 0 Å². The van der Waals surface area contributed by atoms with Crippen LogP contribution in [0.5, 0.6) is 0 Å². The van der Waals surface area contributed by atoms with Crippen LogP contribution in [0.4, 0.5) is 0 Å². The highest BCUT2D eigenvalue weighted by atomic mass is 127. The lowest BCUT2D eigenvalue weighted by atomic mass is 10.1. The Hall–Kier alpha value is -0.870. The highest BCUT2D eigenvalue weighted by molar-refractivity contribution is 14.0. The zero-order chi connectivity index (χ0) is 17.1. The SMILES string of the molecule is CN=C(NCCc1c(C)noc1C)NCCN(C)CCCOC.I. The van der Waals surface area contributed by atoms with Gasteiger partial charge in [0.05, 0.1) is 5.69 Å². The molecule has 0 bridgehead atoms. The molecule has 0 unspecified atom stereocenters. The van der Waals surface area contributed by atoms with Crippen molar-refractivity contribution < 1.29 is 9.26 Å². The molecule has 1 rings (SSSR count). The predicted octanol–water partition coefficient (Wildman–Crippen LogP) is 1.59. The number of nitrogens with zero attached hydrogens (tertiary/aromatic N) is 3. The van der Waals surface area contributed by atoms with Crippen LogP contribution in [-0.2, 0) is 11.2 Å². The van der Waals surface area contributed by atoms with E-state index in [1.165, 1.54) is 5.56 Å². The van der Waals surface area contributed by atoms with Gasteiger partial charge in [0.1, 0.15) is 5.76 Å². The number of guanidine groups is 1. The van der Waals surface area contributed by atoms with Gasteiger partial charge in [0.25, 0.3) is 0 Å². The van der Waals surface area contributed by atoms with E-state index in [2.05, 4.69) is 32.7 Å². The Bertz CT molecular complexity index is 460. The lowest BCUT2D eigenvalue weighted by molar-refractivity contribution is 0.180. The van der Waals surface area contributed by atoms with Crippen molar-refractivity contribution in [1.29, 1.82) is 0 Å². The monoisotopic (exact) mass is 453 g/mol. The molecule has 0 aliphatic carbocycles. The second kappa shape index (κ2) is 13.4. The largest absolute Gasteiger partial charge is 0.385 e. The molecule has 0 atom stereocenters. The first-order valence-electron chi connectivity index (χ1n) is 8.12. The van der Waals surface area contributed by atoms with E-state index < -0.39 is 0 Å². The molecule has 1 heterocycles. The standard InChI is InChI=1S/C16H31N5O2.HI/c1-13-15(14(2)23-20-13)7-8-18-16(17-3)19-9-11-21(4)10-6-12-22-5;/h6-12H2,1-5H3,(H2,17,18,19);1H. The summed E-state index contributed by atoms with van der Waals surface area (Å²) in [6.45, 7) is 8.38. The van der Waals surface area contributed by atoms with E-state index in [1.807, 2.05) is 13.8 Å². The fourth-order valence-corrected chi connectivity index (χ4v) is 2.34. The predicted molar refractivity (Wildman–Crippen MR) is 108 cm³/mol. The van der Waals surface area contributed by atoms with Crippen molar-refractivity contribution >= 4 is 29.9 Å². The van der Waals surface area contributed by atoms with Gasteiger partial charge in [-0.25, -0.2) is 0 Å². The quantitative estimate of drug-likeness (QED) is 0.243. The van der Waals surface area contributed by atoms with Gasteiger partial charge in [-0.15, -0.1) is 24.0 Å². The number of rotatable bonds is 10. The average molecular weight is 453 g/mol. The molecule has 8 heteroatoms. The Kier molecular flexibility index (Phi) is 12.9. The molecule has 140 valence electrons. The average Bonchev–Trinajstić information content (AvgIpc) is 2.85. The first kappa shape index (κ1) is 23.1. The first-order chi connectivity index (χ1) is 11.1. The molecule has 0 radical (unpaired) electrons. The number of aliphatic imine (C=N–C) groups is 1. The number of aryl methyl sites for hydroxylation is 2. The Morgan fingerprint density at radius 3 is 2.54 bits per heavy atom. The van der Waals surface area contributed by atoms with E-state index in [0.717, 1.165) is 63.0 Å². The lowest BCUT2D eigenvalue weighted by Gasteiger charge is -2.18. The molecular weight excluding hydrogens is 421 g/mol. The molecule has 7 nitrogen and oxygen atoms in total. The van der Waals surface area contributed by atoms with E-state index in [1.54, 1.807) is 14.2 Å². The molecule has 0 saturated heterocycles. The molecule has 0 aromatic carbocycles. The minimum Gasteiger partial charge on any atom is -0.385 e. The molecule has 1 aromatic heterocycles. The van der Waals surface area contributed by atoms with E-state index in [0.29, 0.717) is 0 Å².